The number of amides is 2. The molecule has 0 unspecified atom stereocenters. The molecule has 4 rings (SSSR count). The minimum Gasteiger partial charge on any atom is -0.349 e. The van der Waals surface area contributed by atoms with Gasteiger partial charge in [0.1, 0.15) is 0 Å². The standard InChI is InChI=1S/C24H26N4O2/c1-27(2)23(29)19-13-15-28(16-14-19)24(30)18-10-7-17(8-11-18)9-12-22-20-5-3-4-6-21(20)25-26-22/h3-12,19H,13-16H2,1-2H3,(H,25,26). The van der Waals surface area contributed by atoms with Crippen molar-refractivity contribution in [2.24, 2.45) is 5.92 Å². The van der Waals surface area contributed by atoms with Crippen molar-refractivity contribution >= 4 is 34.9 Å². The van der Waals surface area contributed by atoms with Crippen molar-refractivity contribution in [1.82, 2.24) is 20.0 Å². The highest BCUT2D eigenvalue weighted by atomic mass is 16.2. The van der Waals surface area contributed by atoms with E-state index in [4.69, 9.17) is 0 Å². The first-order valence-electron chi connectivity index (χ1n) is 10.2. The van der Waals surface area contributed by atoms with Crippen LogP contribution in [0.5, 0.6) is 0 Å². The Morgan fingerprint density at radius 2 is 1.73 bits per heavy atom. The number of para-hydroxylation sites is 1. The van der Waals surface area contributed by atoms with Crippen molar-refractivity contribution in [2.75, 3.05) is 27.2 Å². The summed E-state index contributed by atoms with van der Waals surface area (Å²) < 4.78 is 0. The van der Waals surface area contributed by atoms with Gasteiger partial charge in [0.05, 0.1) is 11.2 Å². The summed E-state index contributed by atoms with van der Waals surface area (Å²) in [6, 6.07) is 15.6. The average molecular weight is 402 g/mol. The number of piperidine rings is 1. The predicted molar refractivity (Wildman–Crippen MR) is 119 cm³/mol. The van der Waals surface area contributed by atoms with E-state index in [1.807, 2.05) is 65.6 Å². The molecular weight excluding hydrogens is 376 g/mol. The number of fused-ring (bicyclic) bond motifs is 1. The van der Waals surface area contributed by atoms with Crippen LogP contribution in [0.1, 0.15) is 34.5 Å². The number of aromatic nitrogens is 2. The summed E-state index contributed by atoms with van der Waals surface area (Å²) in [4.78, 5) is 28.4. The van der Waals surface area contributed by atoms with Crippen LogP contribution in [0.4, 0.5) is 0 Å². The number of benzene rings is 2. The van der Waals surface area contributed by atoms with Crippen LogP contribution in [-0.4, -0.2) is 59.0 Å². The van der Waals surface area contributed by atoms with Crippen LogP contribution in [-0.2, 0) is 4.79 Å². The predicted octanol–water partition coefficient (Wildman–Crippen LogP) is 3.67. The monoisotopic (exact) mass is 402 g/mol. The van der Waals surface area contributed by atoms with Crippen LogP contribution in [0.3, 0.4) is 0 Å². The summed E-state index contributed by atoms with van der Waals surface area (Å²) in [5, 5.41) is 8.45. The maximum absolute atomic E-state index is 12.8. The zero-order chi connectivity index (χ0) is 21.1. The molecule has 1 fully saturated rings. The van der Waals surface area contributed by atoms with Gasteiger partial charge in [0.2, 0.25) is 5.91 Å². The number of hydrogen-bond acceptors (Lipinski definition) is 3. The number of nitrogens with one attached hydrogen (secondary N) is 1. The van der Waals surface area contributed by atoms with Gasteiger partial charge in [-0.3, -0.25) is 14.7 Å². The lowest BCUT2D eigenvalue weighted by molar-refractivity contribution is -0.134. The second-order valence-corrected chi connectivity index (χ2v) is 7.91. The lowest BCUT2D eigenvalue weighted by atomic mass is 9.95. The van der Waals surface area contributed by atoms with Crippen LogP contribution in [0.25, 0.3) is 23.1 Å². The fourth-order valence-corrected chi connectivity index (χ4v) is 3.90. The highest BCUT2D eigenvalue weighted by Crippen LogP contribution is 2.21. The normalized spacial score (nSPS) is 15.1. The minimum atomic E-state index is 0.0229. The molecule has 1 aliphatic heterocycles. The van der Waals surface area contributed by atoms with Crippen molar-refractivity contribution < 1.29 is 9.59 Å². The van der Waals surface area contributed by atoms with E-state index >= 15 is 0 Å². The number of carbonyl (C=O) groups excluding carboxylic acids is 2. The fourth-order valence-electron chi connectivity index (χ4n) is 3.90. The minimum absolute atomic E-state index is 0.0229. The molecule has 2 aromatic carbocycles. The van der Waals surface area contributed by atoms with Gasteiger partial charge in [-0.1, -0.05) is 36.4 Å². The zero-order valence-corrected chi connectivity index (χ0v) is 17.3. The topological polar surface area (TPSA) is 69.3 Å². The van der Waals surface area contributed by atoms with E-state index in [1.165, 1.54) is 0 Å². The van der Waals surface area contributed by atoms with Crippen LogP contribution in [0.15, 0.2) is 48.5 Å². The lowest BCUT2D eigenvalue weighted by Gasteiger charge is -2.32. The van der Waals surface area contributed by atoms with Crippen molar-refractivity contribution in [3.8, 4) is 0 Å². The molecule has 0 spiro atoms. The van der Waals surface area contributed by atoms with Crippen molar-refractivity contribution in [3.63, 3.8) is 0 Å². The Kier molecular flexibility index (Phi) is 5.65. The summed E-state index contributed by atoms with van der Waals surface area (Å²) in [5.41, 5.74) is 3.58. The van der Waals surface area contributed by atoms with Crippen LogP contribution < -0.4 is 0 Å². The number of rotatable bonds is 4. The number of hydrogen-bond donors (Lipinski definition) is 1. The first-order chi connectivity index (χ1) is 14.5. The van der Waals surface area contributed by atoms with E-state index in [0.717, 1.165) is 35.0 Å². The summed E-state index contributed by atoms with van der Waals surface area (Å²) in [6.07, 6.45) is 5.42. The smallest absolute Gasteiger partial charge is 0.253 e. The third kappa shape index (κ3) is 4.13. The van der Waals surface area contributed by atoms with Crippen molar-refractivity contribution in [3.05, 3.63) is 65.4 Å². The molecule has 6 heteroatoms. The van der Waals surface area contributed by atoms with Gasteiger partial charge in [-0.05, 0) is 42.7 Å². The van der Waals surface area contributed by atoms with Crippen molar-refractivity contribution in [2.45, 2.75) is 12.8 Å². The third-order valence-corrected chi connectivity index (χ3v) is 5.66. The number of nitrogens with zero attached hydrogens (tertiary/aromatic N) is 3. The van der Waals surface area contributed by atoms with E-state index in [0.29, 0.717) is 18.7 Å². The molecule has 0 aliphatic carbocycles. The van der Waals surface area contributed by atoms with E-state index in [9.17, 15) is 9.59 Å². The molecule has 0 atom stereocenters. The Morgan fingerprint density at radius 1 is 1.03 bits per heavy atom. The maximum atomic E-state index is 12.8. The zero-order valence-electron chi connectivity index (χ0n) is 17.3. The van der Waals surface area contributed by atoms with Gasteiger partial charge in [-0.25, -0.2) is 0 Å². The highest BCUT2D eigenvalue weighted by molar-refractivity contribution is 5.95. The van der Waals surface area contributed by atoms with Crippen LogP contribution in [0.2, 0.25) is 0 Å². The Morgan fingerprint density at radius 3 is 2.43 bits per heavy atom. The first kappa shape index (κ1) is 19.9. The first-order valence-corrected chi connectivity index (χ1v) is 10.2. The summed E-state index contributed by atoms with van der Waals surface area (Å²) in [5.74, 6) is 0.206. The van der Waals surface area contributed by atoms with Gasteiger partial charge in [0.25, 0.3) is 5.91 Å². The molecule has 1 saturated heterocycles. The van der Waals surface area contributed by atoms with Gasteiger partial charge in [0, 0.05) is 44.1 Å². The Labute approximate surface area is 176 Å². The molecule has 1 N–H and O–H groups in total. The third-order valence-electron chi connectivity index (χ3n) is 5.66. The quantitative estimate of drug-likeness (QED) is 0.724. The number of carbonyl (C=O) groups is 2. The molecule has 1 aromatic heterocycles. The molecule has 0 saturated carbocycles. The van der Waals surface area contributed by atoms with Gasteiger partial charge >= 0.3 is 0 Å². The largest absolute Gasteiger partial charge is 0.349 e. The lowest BCUT2D eigenvalue weighted by Crippen LogP contribution is -2.42. The fraction of sp³-hybridized carbons (Fsp3) is 0.292. The Bertz CT molecular complexity index is 1070. The van der Waals surface area contributed by atoms with Crippen molar-refractivity contribution in [1.29, 1.82) is 0 Å². The Hall–Kier alpha value is -3.41. The van der Waals surface area contributed by atoms with E-state index in [1.54, 1.807) is 19.0 Å². The Balaban J connectivity index is 1.39. The molecule has 0 radical (unpaired) electrons. The van der Waals surface area contributed by atoms with Gasteiger partial charge in [0.15, 0.2) is 0 Å². The highest BCUT2D eigenvalue weighted by Gasteiger charge is 2.28. The molecule has 1 aliphatic rings. The second kappa shape index (κ2) is 8.53. The van der Waals surface area contributed by atoms with Gasteiger partial charge in [-0.2, -0.15) is 5.10 Å². The second-order valence-electron chi connectivity index (χ2n) is 7.91. The van der Waals surface area contributed by atoms with E-state index in [-0.39, 0.29) is 17.7 Å². The van der Waals surface area contributed by atoms with Crippen LogP contribution in [0, 0.1) is 5.92 Å². The molecule has 3 aromatic rings. The number of likely N-dealkylation sites (tertiary alicyclic amines) is 1. The summed E-state index contributed by atoms with van der Waals surface area (Å²) in [6.45, 7) is 1.24. The SMILES string of the molecule is CN(C)C(=O)C1CCN(C(=O)c2ccc(C=Cc3n[nH]c4ccccc34)cc2)CC1. The molecule has 6 nitrogen and oxygen atoms in total. The molecular formula is C24H26N4O2. The molecule has 2 heterocycles. The summed E-state index contributed by atoms with van der Waals surface area (Å²) >= 11 is 0. The average Bonchev–Trinajstić information content (AvgIpc) is 3.20. The van der Waals surface area contributed by atoms with E-state index < -0.39 is 0 Å². The molecule has 30 heavy (non-hydrogen) atoms. The number of aromatic amines is 1. The van der Waals surface area contributed by atoms with Gasteiger partial charge < -0.3 is 9.80 Å². The molecule has 154 valence electrons. The van der Waals surface area contributed by atoms with E-state index in [2.05, 4.69) is 10.2 Å². The molecule has 2 amide bonds. The van der Waals surface area contributed by atoms with Gasteiger partial charge in [-0.15, -0.1) is 0 Å². The maximum Gasteiger partial charge on any atom is 0.253 e. The number of H-pyrrole nitrogens is 1. The van der Waals surface area contributed by atoms with Crippen LogP contribution >= 0.6 is 0 Å². The molecule has 0 bridgehead atoms. The summed E-state index contributed by atoms with van der Waals surface area (Å²) in [7, 11) is 3.56.